The summed E-state index contributed by atoms with van der Waals surface area (Å²) in [5.41, 5.74) is -0.964. The second-order valence-corrected chi connectivity index (χ2v) is 5.18. The largest absolute Gasteiger partial charge is 0.342 e. The molecule has 1 aliphatic rings. The van der Waals surface area contributed by atoms with E-state index in [0.717, 1.165) is 30.7 Å². The maximum atomic E-state index is 11.7. The molecule has 1 unspecified atom stereocenters. The molecule has 0 aromatic carbocycles. The van der Waals surface area contributed by atoms with Crippen molar-refractivity contribution in [2.45, 2.75) is 57.0 Å². The minimum atomic E-state index is -0.732. The first-order chi connectivity index (χ1) is 7.48. The highest BCUT2D eigenvalue weighted by atomic mass is 35.5. The van der Waals surface area contributed by atoms with E-state index >= 15 is 0 Å². The summed E-state index contributed by atoms with van der Waals surface area (Å²) in [6, 6.07) is -0.512. The average molecular weight is 248 g/mol. The van der Waals surface area contributed by atoms with Crippen LogP contribution in [-0.4, -0.2) is 22.1 Å². The number of halogens is 1. The summed E-state index contributed by atoms with van der Waals surface area (Å²) in [6.07, 6.45) is 5.26. The van der Waals surface area contributed by atoms with Gasteiger partial charge >= 0.3 is 6.03 Å². The first-order valence-corrected chi connectivity index (χ1v) is 6.01. The van der Waals surface area contributed by atoms with Crippen molar-refractivity contribution in [3.63, 3.8) is 0 Å². The number of nitrogens with one attached hydrogen (secondary N) is 1. The van der Waals surface area contributed by atoms with Crippen LogP contribution in [0.2, 0.25) is 0 Å². The normalized spacial score (nSPS) is 20.9. The van der Waals surface area contributed by atoms with Crippen LogP contribution in [0.4, 0.5) is 4.79 Å². The molecule has 0 spiro atoms. The molecule has 5 nitrogen and oxygen atoms in total. The zero-order valence-corrected chi connectivity index (χ0v) is 10.5. The molecular formula is C10H18ClN3O2. The molecule has 1 N–H and O–H groups in total. The molecule has 92 valence electrons. The number of rotatable bonds is 3. The Bertz CT molecular complexity index is 265. The van der Waals surface area contributed by atoms with Crippen LogP contribution in [0.25, 0.3) is 0 Å². The average Bonchev–Trinajstić information content (AvgIpc) is 2.18. The van der Waals surface area contributed by atoms with Gasteiger partial charge in [0.1, 0.15) is 5.50 Å². The number of alkyl halides is 1. The first kappa shape index (κ1) is 13.2. The molecule has 0 bridgehead atoms. The fourth-order valence-electron chi connectivity index (χ4n) is 2.04. The SMILES string of the molecule is CC(Cl)N(N=O)C(=O)NC1(C)CCCCC1. The van der Waals surface area contributed by atoms with Gasteiger partial charge in [0.15, 0.2) is 0 Å². The predicted octanol–water partition coefficient (Wildman–Crippen LogP) is 2.99. The molecule has 0 aromatic rings. The van der Waals surface area contributed by atoms with Crippen LogP contribution >= 0.6 is 11.6 Å². The summed E-state index contributed by atoms with van der Waals surface area (Å²) in [5.74, 6) is 0. The van der Waals surface area contributed by atoms with Crippen molar-refractivity contribution < 1.29 is 4.79 Å². The topological polar surface area (TPSA) is 61.8 Å². The Morgan fingerprint density at radius 2 is 2.00 bits per heavy atom. The van der Waals surface area contributed by atoms with E-state index in [1.807, 2.05) is 6.92 Å². The van der Waals surface area contributed by atoms with E-state index < -0.39 is 11.5 Å². The lowest BCUT2D eigenvalue weighted by Crippen LogP contribution is -2.52. The molecule has 0 heterocycles. The van der Waals surface area contributed by atoms with Crippen molar-refractivity contribution >= 4 is 17.6 Å². The minimum Gasteiger partial charge on any atom is -0.331 e. The Labute approximate surface area is 100 Å². The van der Waals surface area contributed by atoms with E-state index in [1.54, 1.807) is 0 Å². The highest BCUT2D eigenvalue weighted by molar-refractivity contribution is 6.20. The number of urea groups is 1. The van der Waals surface area contributed by atoms with Gasteiger partial charge in [-0.15, -0.1) is 4.91 Å². The zero-order chi connectivity index (χ0) is 12.2. The van der Waals surface area contributed by atoms with Gasteiger partial charge in [0, 0.05) is 5.54 Å². The molecule has 1 aliphatic carbocycles. The van der Waals surface area contributed by atoms with Gasteiger partial charge in [-0.05, 0) is 26.7 Å². The van der Waals surface area contributed by atoms with Gasteiger partial charge in [-0.2, -0.15) is 5.01 Å². The smallest absolute Gasteiger partial charge is 0.331 e. The van der Waals surface area contributed by atoms with E-state index in [1.165, 1.54) is 13.3 Å². The van der Waals surface area contributed by atoms with Gasteiger partial charge in [-0.25, -0.2) is 4.79 Å². The molecule has 2 amide bonds. The number of nitrogens with zero attached hydrogens (tertiary/aromatic N) is 2. The summed E-state index contributed by atoms with van der Waals surface area (Å²) in [6.45, 7) is 3.53. The van der Waals surface area contributed by atoms with Gasteiger partial charge in [0.2, 0.25) is 0 Å². The van der Waals surface area contributed by atoms with Gasteiger partial charge in [0.25, 0.3) is 0 Å². The zero-order valence-electron chi connectivity index (χ0n) is 9.70. The Morgan fingerprint density at radius 3 is 2.44 bits per heavy atom. The van der Waals surface area contributed by atoms with Gasteiger partial charge in [-0.3, -0.25) is 0 Å². The minimum absolute atomic E-state index is 0.232. The molecule has 6 heteroatoms. The Kier molecular flexibility index (Phi) is 4.53. The highest BCUT2D eigenvalue weighted by Crippen LogP contribution is 2.27. The molecule has 0 radical (unpaired) electrons. The van der Waals surface area contributed by atoms with E-state index in [2.05, 4.69) is 10.6 Å². The summed E-state index contributed by atoms with van der Waals surface area (Å²) >= 11 is 5.67. The van der Waals surface area contributed by atoms with E-state index in [9.17, 15) is 9.70 Å². The van der Waals surface area contributed by atoms with Crippen LogP contribution in [0.5, 0.6) is 0 Å². The van der Waals surface area contributed by atoms with Crippen LogP contribution in [0.1, 0.15) is 46.0 Å². The Balaban J connectivity index is 2.58. The quantitative estimate of drug-likeness (QED) is 0.361. The fraction of sp³-hybridized carbons (Fsp3) is 0.900. The molecule has 1 rings (SSSR count). The molecule has 16 heavy (non-hydrogen) atoms. The van der Waals surface area contributed by atoms with Crippen LogP contribution in [0, 0.1) is 4.91 Å². The molecule has 0 aliphatic heterocycles. The van der Waals surface area contributed by atoms with Crippen LogP contribution in [0.15, 0.2) is 5.29 Å². The van der Waals surface area contributed by atoms with E-state index in [-0.39, 0.29) is 5.54 Å². The number of amides is 2. The molecule has 1 fully saturated rings. The third kappa shape index (κ3) is 3.33. The highest BCUT2D eigenvalue weighted by Gasteiger charge is 2.31. The Hall–Kier alpha value is -0.840. The fourth-order valence-corrected chi connectivity index (χ4v) is 2.16. The standard InChI is InChI=1S/C10H18ClN3O2/c1-8(11)14(13-16)9(15)12-10(2)6-4-3-5-7-10/h8H,3-7H2,1-2H3,(H,12,15). The van der Waals surface area contributed by atoms with Crippen molar-refractivity contribution in [2.24, 2.45) is 5.29 Å². The van der Waals surface area contributed by atoms with Gasteiger partial charge < -0.3 is 5.32 Å². The number of hydrogen-bond donors (Lipinski definition) is 1. The third-order valence-electron chi connectivity index (χ3n) is 3.00. The summed E-state index contributed by atoms with van der Waals surface area (Å²) in [7, 11) is 0. The maximum absolute atomic E-state index is 11.7. The van der Waals surface area contributed by atoms with E-state index in [0.29, 0.717) is 0 Å². The molecule has 0 aromatic heterocycles. The summed E-state index contributed by atoms with van der Waals surface area (Å²) in [5, 5.41) is 6.18. The number of nitroso groups, excluding NO2 is 1. The van der Waals surface area contributed by atoms with Gasteiger partial charge in [-0.1, -0.05) is 30.9 Å². The monoisotopic (exact) mass is 247 g/mol. The summed E-state index contributed by atoms with van der Waals surface area (Å²) < 4.78 is 0. The third-order valence-corrected chi connectivity index (χ3v) is 3.18. The lowest BCUT2D eigenvalue weighted by atomic mass is 9.83. The van der Waals surface area contributed by atoms with Crippen molar-refractivity contribution in [2.75, 3.05) is 0 Å². The number of hydrogen-bond acceptors (Lipinski definition) is 3. The van der Waals surface area contributed by atoms with Gasteiger partial charge in [0.05, 0.1) is 5.29 Å². The predicted molar refractivity (Wildman–Crippen MR) is 63.0 cm³/mol. The maximum Gasteiger partial charge on any atom is 0.342 e. The lowest BCUT2D eigenvalue weighted by molar-refractivity contribution is 0.171. The Morgan fingerprint density at radius 1 is 1.44 bits per heavy atom. The van der Waals surface area contributed by atoms with Crippen molar-refractivity contribution in [3.05, 3.63) is 4.91 Å². The first-order valence-electron chi connectivity index (χ1n) is 5.57. The second kappa shape index (κ2) is 5.48. The number of carbonyl (C=O) groups excluding carboxylic acids is 1. The molecule has 1 saturated carbocycles. The molecule has 0 saturated heterocycles. The molecule has 1 atom stereocenters. The van der Waals surface area contributed by atoms with Crippen LogP contribution < -0.4 is 5.32 Å². The van der Waals surface area contributed by atoms with Crippen LogP contribution in [-0.2, 0) is 0 Å². The number of carbonyl (C=O) groups is 1. The van der Waals surface area contributed by atoms with Crippen molar-refractivity contribution in [3.8, 4) is 0 Å². The second-order valence-electron chi connectivity index (χ2n) is 4.55. The summed E-state index contributed by atoms with van der Waals surface area (Å²) in [4.78, 5) is 22.2. The van der Waals surface area contributed by atoms with Crippen molar-refractivity contribution in [1.82, 2.24) is 10.3 Å². The lowest BCUT2D eigenvalue weighted by Gasteiger charge is -2.35. The van der Waals surface area contributed by atoms with Crippen molar-refractivity contribution in [1.29, 1.82) is 0 Å². The molecular weight excluding hydrogens is 230 g/mol. The van der Waals surface area contributed by atoms with E-state index in [4.69, 9.17) is 11.6 Å². The van der Waals surface area contributed by atoms with Crippen LogP contribution in [0.3, 0.4) is 0 Å².